The number of rotatable bonds is 8. The zero-order valence-corrected chi connectivity index (χ0v) is 47.3. The summed E-state index contributed by atoms with van der Waals surface area (Å²) in [5.41, 5.74) is 16.4. The lowest BCUT2D eigenvalue weighted by atomic mass is 10.1. The van der Waals surface area contributed by atoms with E-state index in [-0.39, 0.29) is 16.9 Å². The zero-order valence-electron chi connectivity index (χ0n) is 43.2. The number of imidazole rings is 5. The number of aromatic nitrogens is 15. The highest BCUT2D eigenvalue weighted by Crippen LogP contribution is 2.35. The average molecular weight is 1160 g/mol. The van der Waals surface area contributed by atoms with Gasteiger partial charge in [0.25, 0.3) is 0 Å². The molecule has 79 heavy (non-hydrogen) atoms. The van der Waals surface area contributed by atoms with Crippen molar-refractivity contribution >= 4 is 110 Å². The molecule has 3 aromatic carbocycles. The van der Waals surface area contributed by atoms with Gasteiger partial charge in [0, 0.05) is 28.6 Å². The number of esters is 2. The molecule has 0 fully saturated rings. The second kappa shape index (κ2) is 23.7. The minimum absolute atomic E-state index is 0.0931. The molecular formula is C50H47N17O7S5. The molecule has 0 saturated carbocycles. The van der Waals surface area contributed by atoms with Crippen molar-refractivity contribution < 1.29 is 33.7 Å². The molecule has 0 aliphatic rings. The van der Waals surface area contributed by atoms with Gasteiger partial charge in [-0.3, -0.25) is 0 Å². The number of anilines is 2. The summed E-state index contributed by atoms with van der Waals surface area (Å²) in [4.78, 5) is 58.5. The summed E-state index contributed by atoms with van der Waals surface area (Å²) in [6, 6.07) is 20.5. The number of carbonyl (C=O) groups is 3. The molecule has 24 nitrogen and oxygen atoms in total. The van der Waals surface area contributed by atoms with E-state index in [9.17, 15) is 14.4 Å². The number of nitrogens with two attached hydrogens (primary N) is 2. The Labute approximate surface area is 467 Å². The topological polar surface area (TPSA) is 302 Å². The van der Waals surface area contributed by atoms with Crippen LogP contribution in [0.25, 0.3) is 55.9 Å². The van der Waals surface area contributed by atoms with Crippen LogP contribution in [0, 0.1) is 34.6 Å². The molecule has 404 valence electrons. The largest absolute Gasteiger partial charge is 0.496 e. The number of aromatic carboxylic acids is 1. The van der Waals surface area contributed by atoms with E-state index in [0.717, 1.165) is 102 Å². The third kappa shape index (κ3) is 12.1. The molecule has 0 atom stereocenters. The summed E-state index contributed by atoms with van der Waals surface area (Å²) in [7, 11) is 3.00. The molecule has 0 aliphatic heterocycles. The van der Waals surface area contributed by atoms with Gasteiger partial charge in [-0.05, 0) is 90.1 Å². The number of carboxylic acid groups (broad SMARTS) is 1. The highest BCUT2D eigenvalue weighted by Gasteiger charge is 2.17. The SMILES string of the molecule is CCOC(=O)c1nn2c(C)ncc2s1.COC(=O)c1ccc(-c2nn3c(C)ncc3s2)cc1.COc1cc(N)ccc1-c1nn2c(C)ncc2s1.Cc1ncc2sc(-c3ccc(N)cc3)nn12.Cc1ncc2sc(C(=O)O)nn12. The van der Waals surface area contributed by atoms with E-state index < -0.39 is 5.97 Å². The number of nitrogen functional groups attached to an aromatic ring is 2. The number of aryl methyl sites for hydroxylation is 5. The first-order chi connectivity index (χ1) is 38.0. The monoisotopic (exact) mass is 1160 g/mol. The number of nitrogens with zero attached hydrogens (tertiary/aromatic N) is 15. The van der Waals surface area contributed by atoms with Gasteiger partial charge in [-0.15, -0.1) is 10.2 Å². The van der Waals surface area contributed by atoms with Gasteiger partial charge in [0.05, 0.1) is 62.9 Å². The summed E-state index contributed by atoms with van der Waals surface area (Å²) >= 11 is 7.16. The van der Waals surface area contributed by atoms with Gasteiger partial charge in [-0.2, -0.15) is 15.3 Å². The molecule has 5 N–H and O–H groups in total. The normalized spacial score (nSPS) is 10.9. The first kappa shape index (κ1) is 54.7. The van der Waals surface area contributed by atoms with Crippen LogP contribution in [0.1, 0.15) is 66.0 Å². The Morgan fingerprint density at radius 1 is 0.506 bits per heavy atom. The fourth-order valence-electron chi connectivity index (χ4n) is 7.18. The first-order valence-electron chi connectivity index (χ1n) is 23.5. The first-order valence-corrected chi connectivity index (χ1v) is 27.5. The molecule has 0 unspecified atom stereocenters. The predicted octanol–water partition coefficient (Wildman–Crippen LogP) is 9.33. The number of hydrogen-bond acceptors (Lipinski definition) is 23. The molecule has 10 aromatic heterocycles. The lowest BCUT2D eigenvalue weighted by Gasteiger charge is -2.06. The van der Waals surface area contributed by atoms with Crippen molar-refractivity contribution in [2.24, 2.45) is 0 Å². The fraction of sp³-hybridized carbons (Fsp3) is 0.180. The van der Waals surface area contributed by atoms with Crippen molar-refractivity contribution in [1.82, 2.24) is 73.0 Å². The maximum atomic E-state index is 11.4. The van der Waals surface area contributed by atoms with Gasteiger partial charge in [0.15, 0.2) is 0 Å². The molecule has 13 aromatic rings. The van der Waals surface area contributed by atoms with Gasteiger partial charge in [0.2, 0.25) is 10.0 Å². The van der Waals surface area contributed by atoms with Gasteiger partial charge in [-0.25, -0.2) is 61.9 Å². The number of benzene rings is 3. The quantitative estimate of drug-likeness (QED) is 0.0942. The lowest BCUT2D eigenvalue weighted by Crippen LogP contribution is -2.05. The molecule has 29 heteroatoms. The fourth-order valence-corrected chi connectivity index (χ4v) is 11.6. The summed E-state index contributed by atoms with van der Waals surface area (Å²) in [5, 5.41) is 33.3. The van der Waals surface area contributed by atoms with Crippen LogP contribution in [0.4, 0.5) is 11.4 Å². The van der Waals surface area contributed by atoms with E-state index in [1.54, 1.807) is 96.3 Å². The standard InChI is InChI=1S/C13H11N3O2S.C12H12N4OS.C11H10N4S.C8H9N3O2S.C6H5N3O2S/c1-8-14-7-11-16(8)15-12(19-11)9-3-5-10(6-4-9)13(17)18-2;1-7-14-6-11-16(7)15-12(18-11)9-4-3-8(13)5-10(9)17-2;1-7-13-6-10-15(7)14-11(16-10)8-2-4-9(12)5-3-8;1-3-13-8(12)7-10-11-5(2)9-4-6(11)14-7;1-3-7-2-4-9(3)8-5(12-4)6(10)11/h3-7H,1-2H3;3-6H,13H2,1-2H3;2-6H,12H2,1H3;4H,3H2,1-2H3;2H,1H3,(H,10,11). The highest BCUT2D eigenvalue weighted by atomic mass is 32.1. The molecular weight excluding hydrogens is 1110 g/mol. The molecule has 10 heterocycles. The number of carboxylic acids is 1. The minimum Gasteiger partial charge on any atom is -0.496 e. The van der Waals surface area contributed by atoms with Crippen LogP contribution in [0.3, 0.4) is 0 Å². The number of methoxy groups -OCH3 is 2. The van der Waals surface area contributed by atoms with E-state index in [4.69, 9.17) is 26.0 Å². The number of carbonyl (C=O) groups excluding carboxylic acids is 2. The van der Waals surface area contributed by atoms with E-state index >= 15 is 0 Å². The molecule has 0 saturated heterocycles. The second-order valence-electron chi connectivity index (χ2n) is 16.5. The van der Waals surface area contributed by atoms with Gasteiger partial charge < -0.3 is 30.8 Å². The van der Waals surface area contributed by atoms with E-state index in [2.05, 4.69) is 55.2 Å². The Morgan fingerprint density at radius 3 is 1.32 bits per heavy atom. The Kier molecular flexibility index (Phi) is 16.4. The van der Waals surface area contributed by atoms with Crippen LogP contribution in [-0.4, -0.2) is 117 Å². The van der Waals surface area contributed by atoms with Crippen molar-refractivity contribution in [3.63, 3.8) is 0 Å². The summed E-state index contributed by atoms with van der Waals surface area (Å²) in [5.74, 6) is 3.15. The van der Waals surface area contributed by atoms with Crippen LogP contribution in [0.15, 0.2) is 97.7 Å². The Bertz CT molecular complexity index is 4270. The molecule has 0 radical (unpaired) electrons. The molecule has 0 amide bonds. The van der Waals surface area contributed by atoms with Crippen molar-refractivity contribution in [2.45, 2.75) is 41.5 Å². The molecule has 0 bridgehead atoms. The minimum atomic E-state index is -0.997. The van der Waals surface area contributed by atoms with Gasteiger partial charge in [-0.1, -0.05) is 68.8 Å². The molecule has 0 spiro atoms. The maximum absolute atomic E-state index is 11.4. The smallest absolute Gasteiger partial charge is 0.369 e. The Hall–Kier alpha value is -9.03. The maximum Gasteiger partial charge on any atom is 0.369 e. The second-order valence-corrected chi connectivity index (χ2v) is 21.5. The van der Waals surface area contributed by atoms with Crippen molar-refractivity contribution in [3.8, 4) is 37.5 Å². The zero-order chi connectivity index (χ0) is 56.1. The summed E-state index contributed by atoms with van der Waals surface area (Å²) in [6.07, 6.45) is 8.77. The average Bonchev–Trinajstić information content (AvgIpc) is 4.39. The number of ether oxygens (including phenoxy) is 3. The summed E-state index contributed by atoms with van der Waals surface area (Å²) in [6.45, 7) is 11.5. The third-order valence-corrected chi connectivity index (χ3v) is 16.0. The van der Waals surface area contributed by atoms with Gasteiger partial charge >= 0.3 is 17.9 Å². The van der Waals surface area contributed by atoms with Crippen LogP contribution in [-0.2, 0) is 9.47 Å². The summed E-state index contributed by atoms with van der Waals surface area (Å²) < 4.78 is 23.5. The highest BCUT2D eigenvalue weighted by molar-refractivity contribution is 7.21. The van der Waals surface area contributed by atoms with E-state index in [1.807, 2.05) is 102 Å². The van der Waals surface area contributed by atoms with Crippen LogP contribution in [0.5, 0.6) is 5.75 Å². The van der Waals surface area contributed by atoms with Crippen LogP contribution < -0.4 is 16.2 Å². The third-order valence-electron chi connectivity index (χ3n) is 11.1. The lowest BCUT2D eigenvalue weighted by molar-refractivity contribution is 0.0523. The van der Waals surface area contributed by atoms with Gasteiger partial charge in [0.1, 0.15) is 74.0 Å². The Morgan fingerprint density at radius 2 is 0.899 bits per heavy atom. The van der Waals surface area contributed by atoms with E-state index in [0.29, 0.717) is 28.7 Å². The van der Waals surface area contributed by atoms with Crippen LogP contribution >= 0.6 is 56.7 Å². The van der Waals surface area contributed by atoms with Crippen molar-refractivity contribution in [3.05, 3.63) is 142 Å². The number of hydrogen-bond donors (Lipinski definition) is 3. The molecule has 0 aliphatic carbocycles. The van der Waals surface area contributed by atoms with Crippen molar-refractivity contribution in [2.75, 3.05) is 32.3 Å². The molecule has 13 rings (SSSR count). The van der Waals surface area contributed by atoms with E-state index in [1.165, 1.54) is 23.0 Å². The Balaban J connectivity index is 0.000000121. The number of fused-ring (bicyclic) bond motifs is 5. The van der Waals surface area contributed by atoms with Crippen LogP contribution in [0.2, 0.25) is 0 Å². The predicted molar refractivity (Wildman–Crippen MR) is 304 cm³/mol. The van der Waals surface area contributed by atoms with Crippen molar-refractivity contribution in [1.29, 1.82) is 0 Å².